The van der Waals surface area contributed by atoms with Crippen molar-refractivity contribution in [1.29, 1.82) is 0 Å². The Hall–Kier alpha value is -1.23. The average Bonchev–Trinajstić information content (AvgIpc) is 2.34. The number of sulfonamides is 1. The van der Waals surface area contributed by atoms with Crippen molar-refractivity contribution in [3.8, 4) is 5.75 Å². The lowest BCUT2D eigenvalue weighted by molar-refractivity contribution is 0.475. The van der Waals surface area contributed by atoms with Gasteiger partial charge in [0.15, 0.2) is 0 Å². The van der Waals surface area contributed by atoms with E-state index in [2.05, 4.69) is 4.72 Å². The second-order valence-electron chi connectivity index (χ2n) is 4.91. The molecule has 0 bridgehead atoms. The maximum Gasteiger partial charge on any atom is 0.235 e. The number of phenols is 1. The topological polar surface area (TPSA) is 66.4 Å². The lowest BCUT2D eigenvalue weighted by Gasteiger charge is -2.23. The third kappa shape index (κ3) is 2.96. The third-order valence-electron chi connectivity index (χ3n) is 3.45. The van der Waals surface area contributed by atoms with Crippen molar-refractivity contribution in [2.24, 2.45) is 0 Å². The molecule has 2 rings (SSSR count). The van der Waals surface area contributed by atoms with E-state index in [-0.39, 0.29) is 11.0 Å². The van der Waals surface area contributed by atoms with Crippen LogP contribution >= 0.6 is 0 Å². The van der Waals surface area contributed by atoms with Crippen LogP contribution < -0.4 is 4.72 Å². The first-order valence-corrected chi connectivity index (χ1v) is 7.85. The normalized spacial score (nSPS) is 17.6. The van der Waals surface area contributed by atoms with Gasteiger partial charge in [-0.2, -0.15) is 0 Å². The van der Waals surface area contributed by atoms with Gasteiger partial charge in [0, 0.05) is 0 Å². The van der Waals surface area contributed by atoms with E-state index in [1.165, 1.54) is 6.07 Å². The zero-order valence-electron chi connectivity index (χ0n) is 10.5. The number of aryl methyl sites for hydroxylation is 1. The molecule has 0 radical (unpaired) electrons. The van der Waals surface area contributed by atoms with E-state index in [0.717, 1.165) is 37.7 Å². The summed E-state index contributed by atoms with van der Waals surface area (Å²) in [5, 5.41) is 9.03. The highest BCUT2D eigenvalue weighted by molar-refractivity contribution is 7.93. The first-order chi connectivity index (χ1) is 8.49. The number of hydrogen-bond acceptors (Lipinski definition) is 3. The van der Waals surface area contributed by atoms with Gasteiger partial charge in [0.25, 0.3) is 0 Å². The molecule has 0 aromatic heterocycles. The molecule has 0 aliphatic heterocycles. The Morgan fingerprint density at radius 1 is 1.22 bits per heavy atom. The average molecular weight is 269 g/mol. The van der Waals surface area contributed by atoms with E-state index in [9.17, 15) is 13.5 Å². The van der Waals surface area contributed by atoms with Gasteiger partial charge in [-0.1, -0.05) is 19.3 Å². The predicted molar refractivity (Wildman–Crippen MR) is 72.3 cm³/mol. The van der Waals surface area contributed by atoms with Gasteiger partial charge in [-0.3, -0.25) is 4.72 Å². The van der Waals surface area contributed by atoms with Crippen LogP contribution in [0.5, 0.6) is 5.75 Å². The fraction of sp³-hybridized carbons (Fsp3) is 0.538. The van der Waals surface area contributed by atoms with Crippen molar-refractivity contribution in [3.63, 3.8) is 0 Å². The van der Waals surface area contributed by atoms with Gasteiger partial charge in [0.2, 0.25) is 10.0 Å². The van der Waals surface area contributed by atoms with Gasteiger partial charge in [0.1, 0.15) is 5.75 Å². The molecule has 0 atom stereocenters. The van der Waals surface area contributed by atoms with Gasteiger partial charge in [-0.15, -0.1) is 0 Å². The van der Waals surface area contributed by atoms with Gasteiger partial charge in [0.05, 0.1) is 10.9 Å². The highest BCUT2D eigenvalue weighted by Crippen LogP contribution is 2.27. The van der Waals surface area contributed by atoms with E-state index in [1.807, 2.05) is 0 Å². The molecule has 4 nitrogen and oxygen atoms in total. The predicted octanol–water partition coefficient (Wildman–Crippen LogP) is 2.78. The summed E-state index contributed by atoms with van der Waals surface area (Å²) in [5.74, 6) is 0.146. The lowest BCUT2D eigenvalue weighted by atomic mass is 10.0. The molecule has 0 heterocycles. The SMILES string of the molecule is Cc1cc(O)ccc1NS(=O)(=O)C1CCCCC1. The molecule has 5 heteroatoms. The van der Waals surface area contributed by atoms with Crippen LogP contribution in [0.15, 0.2) is 18.2 Å². The quantitative estimate of drug-likeness (QED) is 0.829. The molecule has 18 heavy (non-hydrogen) atoms. The van der Waals surface area contributed by atoms with Gasteiger partial charge < -0.3 is 5.11 Å². The Balaban J connectivity index is 2.16. The Kier molecular flexibility index (Phi) is 3.80. The highest BCUT2D eigenvalue weighted by atomic mass is 32.2. The molecular formula is C13H19NO3S. The minimum Gasteiger partial charge on any atom is -0.508 e. The highest BCUT2D eigenvalue weighted by Gasteiger charge is 2.27. The molecule has 1 aliphatic rings. The standard InChI is InChI=1S/C13H19NO3S/c1-10-9-11(15)7-8-13(10)14-18(16,17)12-5-3-2-4-6-12/h7-9,12,14-15H,2-6H2,1H3. The first kappa shape index (κ1) is 13.2. The van der Waals surface area contributed by atoms with Crippen molar-refractivity contribution < 1.29 is 13.5 Å². The fourth-order valence-corrected chi connectivity index (χ4v) is 4.03. The Morgan fingerprint density at radius 2 is 1.89 bits per heavy atom. The largest absolute Gasteiger partial charge is 0.508 e. The Morgan fingerprint density at radius 3 is 2.50 bits per heavy atom. The van der Waals surface area contributed by atoms with Crippen molar-refractivity contribution in [2.45, 2.75) is 44.3 Å². The number of benzene rings is 1. The molecule has 1 aromatic rings. The summed E-state index contributed by atoms with van der Waals surface area (Å²) in [6, 6.07) is 4.65. The summed E-state index contributed by atoms with van der Waals surface area (Å²) in [6.07, 6.45) is 4.59. The number of rotatable bonds is 3. The molecule has 0 unspecified atom stereocenters. The summed E-state index contributed by atoms with van der Waals surface area (Å²) in [6.45, 7) is 1.78. The van der Waals surface area contributed by atoms with Crippen molar-refractivity contribution in [3.05, 3.63) is 23.8 Å². The monoisotopic (exact) mass is 269 g/mol. The summed E-state index contributed by atoms with van der Waals surface area (Å²) in [7, 11) is -3.30. The molecule has 0 amide bonds. The van der Waals surface area contributed by atoms with Crippen LogP contribution in [-0.2, 0) is 10.0 Å². The third-order valence-corrected chi connectivity index (χ3v) is 5.31. The van der Waals surface area contributed by atoms with Crippen LogP contribution in [-0.4, -0.2) is 18.8 Å². The van der Waals surface area contributed by atoms with E-state index < -0.39 is 10.0 Å². The van der Waals surface area contributed by atoms with E-state index >= 15 is 0 Å². The molecule has 1 saturated carbocycles. The van der Waals surface area contributed by atoms with Crippen molar-refractivity contribution in [1.82, 2.24) is 0 Å². The smallest absolute Gasteiger partial charge is 0.235 e. The van der Waals surface area contributed by atoms with E-state index in [4.69, 9.17) is 0 Å². The molecule has 0 spiro atoms. The Labute approximate surface area is 108 Å². The molecule has 1 aromatic carbocycles. The van der Waals surface area contributed by atoms with E-state index in [0.29, 0.717) is 5.69 Å². The zero-order valence-corrected chi connectivity index (χ0v) is 11.3. The van der Waals surface area contributed by atoms with Gasteiger partial charge in [-0.05, 0) is 43.5 Å². The maximum atomic E-state index is 12.2. The van der Waals surface area contributed by atoms with Crippen LogP contribution in [0.4, 0.5) is 5.69 Å². The maximum absolute atomic E-state index is 12.2. The number of hydrogen-bond donors (Lipinski definition) is 2. The summed E-state index contributed by atoms with van der Waals surface area (Å²) >= 11 is 0. The second kappa shape index (κ2) is 5.18. The fourth-order valence-electron chi connectivity index (χ4n) is 2.37. The van der Waals surface area contributed by atoms with Crippen LogP contribution in [0, 0.1) is 6.92 Å². The van der Waals surface area contributed by atoms with Crippen LogP contribution in [0.3, 0.4) is 0 Å². The van der Waals surface area contributed by atoms with Gasteiger partial charge >= 0.3 is 0 Å². The van der Waals surface area contributed by atoms with E-state index in [1.54, 1.807) is 19.1 Å². The van der Waals surface area contributed by atoms with Gasteiger partial charge in [-0.25, -0.2) is 8.42 Å². The van der Waals surface area contributed by atoms with Crippen LogP contribution in [0.25, 0.3) is 0 Å². The zero-order chi connectivity index (χ0) is 13.2. The number of nitrogens with one attached hydrogen (secondary N) is 1. The van der Waals surface area contributed by atoms with Crippen molar-refractivity contribution in [2.75, 3.05) is 4.72 Å². The molecular weight excluding hydrogens is 250 g/mol. The number of aromatic hydroxyl groups is 1. The summed E-state index contributed by atoms with van der Waals surface area (Å²) in [4.78, 5) is 0. The molecule has 2 N–H and O–H groups in total. The lowest BCUT2D eigenvalue weighted by Crippen LogP contribution is -2.29. The Bertz CT molecular complexity index is 519. The minimum absolute atomic E-state index is 0.146. The second-order valence-corrected chi connectivity index (χ2v) is 6.87. The number of anilines is 1. The van der Waals surface area contributed by atoms with Crippen LogP contribution in [0.2, 0.25) is 0 Å². The number of phenolic OH excluding ortho intramolecular Hbond substituents is 1. The minimum atomic E-state index is -3.30. The molecule has 1 fully saturated rings. The molecule has 100 valence electrons. The van der Waals surface area contributed by atoms with Crippen LogP contribution in [0.1, 0.15) is 37.7 Å². The first-order valence-electron chi connectivity index (χ1n) is 6.30. The summed E-state index contributed by atoms with van der Waals surface area (Å²) < 4.78 is 27.1. The summed E-state index contributed by atoms with van der Waals surface area (Å²) in [5.41, 5.74) is 1.28. The molecule has 0 saturated heterocycles. The van der Waals surface area contributed by atoms with Crippen molar-refractivity contribution >= 4 is 15.7 Å². The molecule has 1 aliphatic carbocycles.